The van der Waals surface area contributed by atoms with Gasteiger partial charge in [-0.2, -0.15) is 4.31 Å². The van der Waals surface area contributed by atoms with Gasteiger partial charge in [-0.15, -0.1) is 0 Å². The Morgan fingerprint density at radius 1 is 1.14 bits per heavy atom. The highest BCUT2D eigenvalue weighted by atomic mass is 35.5. The zero-order chi connectivity index (χ0) is 20.6. The fourth-order valence-electron chi connectivity index (χ4n) is 3.29. The average molecular weight is 470 g/mol. The number of carbonyl (C=O) groups is 1. The van der Waals surface area contributed by atoms with Gasteiger partial charge in [0.1, 0.15) is 0 Å². The summed E-state index contributed by atoms with van der Waals surface area (Å²) in [6.45, 7) is 0.516. The molecule has 1 fully saturated rings. The molecule has 1 aliphatic heterocycles. The van der Waals surface area contributed by atoms with Crippen LogP contribution in [0.3, 0.4) is 0 Å². The Hall–Kier alpha value is -1.71. The minimum Gasteiger partial charge on any atom is -0.302 e. The number of nitrogens with zero attached hydrogens (tertiary/aromatic N) is 2. The fraction of sp³-hybridized carbons (Fsp3) is 0.263. The summed E-state index contributed by atoms with van der Waals surface area (Å²) < 4.78 is 28.0. The zero-order valence-corrected chi connectivity index (χ0v) is 18.3. The highest BCUT2D eigenvalue weighted by Gasteiger charge is 2.33. The third-order valence-corrected chi connectivity index (χ3v) is 8.09. The number of anilines is 1. The van der Waals surface area contributed by atoms with Crippen molar-refractivity contribution in [2.24, 2.45) is 5.92 Å². The van der Waals surface area contributed by atoms with Gasteiger partial charge in [-0.25, -0.2) is 13.4 Å². The van der Waals surface area contributed by atoms with Gasteiger partial charge in [-0.3, -0.25) is 4.79 Å². The van der Waals surface area contributed by atoms with Crippen LogP contribution in [0.1, 0.15) is 12.8 Å². The summed E-state index contributed by atoms with van der Waals surface area (Å²) in [4.78, 5) is 17.3. The van der Waals surface area contributed by atoms with Crippen molar-refractivity contribution >= 4 is 65.8 Å². The van der Waals surface area contributed by atoms with Gasteiger partial charge in [-0.05, 0) is 55.3 Å². The Morgan fingerprint density at radius 2 is 1.86 bits per heavy atom. The third-order valence-electron chi connectivity index (χ3n) is 4.79. The van der Waals surface area contributed by atoms with Crippen LogP contribution in [-0.2, 0) is 14.8 Å². The molecule has 0 radical (unpaired) electrons. The lowest BCUT2D eigenvalue weighted by Crippen LogP contribution is -2.43. The molecular weight excluding hydrogens is 453 g/mol. The molecule has 1 aromatic heterocycles. The van der Waals surface area contributed by atoms with E-state index in [4.69, 9.17) is 23.2 Å². The van der Waals surface area contributed by atoms with E-state index in [1.807, 2.05) is 0 Å². The van der Waals surface area contributed by atoms with Crippen molar-refractivity contribution in [1.29, 1.82) is 0 Å². The fourth-order valence-corrected chi connectivity index (χ4v) is 6.08. The van der Waals surface area contributed by atoms with Crippen molar-refractivity contribution in [1.82, 2.24) is 9.29 Å². The number of nitrogens with one attached hydrogen (secondary N) is 1. The van der Waals surface area contributed by atoms with Gasteiger partial charge in [0.2, 0.25) is 15.9 Å². The topological polar surface area (TPSA) is 79.4 Å². The highest BCUT2D eigenvalue weighted by Crippen LogP contribution is 2.30. The van der Waals surface area contributed by atoms with Crippen LogP contribution in [0.25, 0.3) is 10.2 Å². The SMILES string of the molecule is O=C(Nc1nc2ccc(Cl)cc2s1)C1CCCN(S(=O)(=O)c2ccc(Cl)cc2)C1. The molecule has 1 N–H and O–H groups in total. The van der Waals surface area contributed by atoms with Crippen LogP contribution in [0.5, 0.6) is 0 Å². The number of hydrogen-bond donors (Lipinski definition) is 1. The second kappa shape index (κ2) is 8.20. The Morgan fingerprint density at radius 3 is 2.62 bits per heavy atom. The molecule has 10 heteroatoms. The quantitative estimate of drug-likeness (QED) is 0.603. The minimum atomic E-state index is -3.68. The lowest BCUT2D eigenvalue weighted by atomic mass is 9.99. The molecule has 1 unspecified atom stereocenters. The van der Waals surface area contributed by atoms with Crippen molar-refractivity contribution < 1.29 is 13.2 Å². The molecule has 29 heavy (non-hydrogen) atoms. The number of fused-ring (bicyclic) bond motifs is 1. The number of piperidine rings is 1. The van der Waals surface area contributed by atoms with E-state index in [2.05, 4.69) is 10.3 Å². The van der Waals surface area contributed by atoms with Crippen LogP contribution in [0.15, 0.2) is 47.4 Å². The summed E-state index contributed by atoms with van der Waals surface area (Å²) in [5.74, 6) is -0.674. The first kappa shape index (κ1) is 20.6. The molecule has 1 atom stereocenters. The van der Waals surface area contributed by atoms with Crippen LogP contribution in [-0.4, -0.2) is 36.7 Å². The van der Waals surface area contributed by atoms with Gasteiger partial charge in [0.15, 0.2) is 5.13 Å². The molecule has 2 heterocycles. The molecular formula is C19H17Cl2N3O3S2. The Labute approximate surface area is 182 Å². The van der Waals surface area contributed by atoms with Crippen molar-refractivity contribution in [2.75, 3.05) is 18.4 Å². The number of aromatic nitrogens is 1. The second-order valence-electron chi connectivity index (χ2n) is 6.78. The van der Waals surface area contributed by atoms with E-state index in [1.165, 1.54) is 27.8 Å². The summed E-state index contributed by atoms with van der Waals surface area (Å²) in [5, 5.41) is 4.38. The lowest BCUT2D eigenvalue weighted by molar-refractivity contribution is -0.120. The number of halogens is 2. The maximum Gasteiger partial charge on any atom is 0.243 e. The summed E-state index contributed by atoms with van der Waals surface area (Å²) in [7, 11) is -3.68. The van der Waals surface area contributed by atoms with E-state index in [0.717, 1.165) is 10.2 Å². The lowest BCUT2D eigenvalue weighted by Gasteiger charge is -2.31. The molecule has 4 rings (SSSR count). The van der Waals surface area contributed by atoms with E-state index in [0.29, 0.717) is 34.6 Å². The molecule has 2 aromatic carbocycles. The number of thiazole rings is 1. The molecule has 0 saturated carbocycles. The Bertz CT molecular complexity index is 1160. The maximum atomic E-state index is 12.9. The van der Waals surface area contributed by atoms with Crippen molar-refractivity contribution in [3.8, 4) is 0 Å². The van der Waals surface area contributed by atoms with Crippen LogP contribution in [0.4, 0.5) is 5.13 Å². The second-order valence-corrected chi connectivity index (χ2v) is 10.6. The molecule has 0 bridgehead atoms. The first-order chi connectivity index (χ1) is 13.8. The average Bonchev–Trinajstić information content (AvgIpc) is 3.09. The van der Waals surface area contributed by atoms with Crippen LogP contribution < -0.4 is 5.32 Å². The van der Waals surface area contributed by atoms with Crippen molar-refractivity contribution in [3.05, 3.63) is 52.5 Å². The van der Waals surface area contributed by atoms with Gasteiger partial charge in [0.05, 0.1) is 21.0 Å². The summed E-state index contributed by atoms with van der Waals surface area (Å²) in [6, 6.07) is 11.4. The summed E-state index contributed by atoms with van der Waals surface area (Å²) in [5.41, 5.74) is 0.755. The number of sulfonamides is 1. The molecule has 152 valence electrons. The Balaban J connectivity index is 1.48. The number of carbonyl (C=O) groups excluding carboxylic acids is 1. The number of hydrogen-bond acceptors (Lipinski definition) is 5. The molecule has 6 nitrogen and oxygen atoms in total. The smallest absolute Gasteiger partial charge is 0.243 e. The zero-order valence-electron chi connectivity index (χ0n) is 15.1. The van der Waals surface area contributed by atoms with Gasteiger partial charge in [0.25, 0.3) is 0 Å². The number of amides is 1. The van der Waals surface area contributed by atoms with E-state index in [1.54, 1.807) is 30.3 Å². The van der Waals surface area contributed by atoms with Gasteiger partial charge in [0, 0.05) is 23.1 Å². The third kappa shape index (κ3) is 4.41. The predicted molar refractivity (Wildman–Crippen MR) is 116 cm³/mol. The monoisotopic (exact) mass is 469 g/mol. The van der Waals surface area contributed by atoms with Gasteiger partial charge < -0.3 is 5.32 Å². The van der Waals surface area contributed by atoms with Crippen LogP contribution >= 0.6 is 34.5 Å². The van der Waals surface area contributed by atoms with Crippen LogP contribution in [0.2, 0.25) is 10.0 Å². The molecule has 1 amide bonds. The number of rotatable bonds is 4. The first-order valence-corrected chi connectivity index (χ1v) is 12.0. The minimum absolute atomic E-state index is 0.132. The van der Waals surface area contributed by atoms with Gasteiger partial charge in [-0.1, -0.05) is 34.5 Å². The largest absolute Gasteiger partial charge is 0.302 e. The summed E-state index contributed by atoms with van der Waals surface area (Å²) in [6.07, 6.45) is 1.23. The van der Waals surface area contributed by atoms with Crippen molar-refractivity contribution in [3.63, 3.8) is 0 Å². The van der Waals surface area contributed by atoms with E-state index < -0.39 is 15.9 Å². The van der Waals surface area contributed by atoms with Crippen LogP contribution in [0, 0.1) is 5.92 Å². The molecule has 0 aliphatic carbocycles. The van der Waals surface area contributed by atoms with Crippen molar-refractivity contribution in [2.45, 2.75) is 17.7 Å². The van der Waals surface area contributed by atoms with E-state index in [9.17, 15) is 13.2 Å². The molecule has 1 saturated heterocycles. The number of benzene rings is 2. The molecule has 1 aliphatic rings. The highest BCUT2D eigenvalue weighted by molar-refractivity contribution is 7.89. The van der Waals surface area contributed by atoms with Gasteiger partial charge >= 0.3 is 0 Å². The Kier molecular flexibility index (Phi) is 5.81. The summed E-state index contributed by atoms with van der Waals surface area (Å²) >= 11 is 13.2. The predicted octanol–water partition coefficient (Wildman–Crippen LogP) is 4.64. The standard InChI is InChI=1S/C19H17Cl2N3O3S2/c20-13-3-6-15(7-4-13)29(26,27)24-9-1-2-12(11-24)18(25)23-19-22-16-8-5-14(21)10-17(16)28-19/h3-8,10,12H,1-2,9,11H2,(H,22,23,25). The first-order valence-electron chi connectivity index (χ1n) is 8.95. The van der Waals surface area contributed by atoms with E-state index >= 15 is 0 Å². The van der Waals surface area contributed by atoms with E-state index in [-0.39, 0.29) is 17.3 Å². The normalized spacial score (nSPS) is 18.1. The maximum absolute atomic E-state index is 12.9. The molecule has 3 aromatic rings. The molecule has 0 spiro atoms.